The van der Waals surface area contributed by atoms with Crippen molar-refractivity contribution in [2.45, 2.75) is 39.1 Å². The van der Waals surface area contributed by atoms with Gasteiger partial charge in [0.05, 0.1) is 21.1 Å². The molecule has 1 aromatic carbocycles. The fourth-order valence-corrected chi connectivity index (χ4v) is 4.48. The molecular weight excluding hydrogens is 296 g/mol. The third-order valence-corrected chi connectivity index (χ3v) is 5.51. The predicted molar refractivity (Wildman–Crippen MR) is 87.8 cm³/mol. The Morgan fingerprint density at radius 1 is 1.23 bits per heavy atom. The van der Waals surface area contributed by atoms with Crippen molar-refractivity contribution in [1.82, 2.24) is 0 Å². The number of hydrogen-bond donors (Lipinski definition) is 0. The first-order chi connectivity index (χ1) is 10.3. The van der Waals surface area contributed by atoms with Crippen molar-refractivity contribution in [2.75, 3.05) is 6.61 Å². The van der Waals surface area contributed by atoms with Gasteiger partial charge in [0.25, 0.3) is 0 Å². The van der Waals surface area contributed by atoms with E-state index in [4.69, 9.17) is 9.47 Å². The van der Waals surface area contributed by atoms with Crippen molar-refractivity contribution < 1.29 is 19.1 Å². The number of benzene rings is 1. The molecule has 1 aromatic rings. The van der Waals surface area contributed by atoms with E-state index in [1.165, 1.54) is 0 Å². The molecule has 0 fully saturated rings. The smallest absolute Gasteiger partial charge is 0.330 e. The van der Waals surface area contributed by atoms with Crippen LogP contribution < -0.4 is 0 Å². The summed E-state index contributed by atoms with van der Waals surface area (Å²) < 4.78 is 10.5. The van der Waals surface area contributed by atoms with Gasteiger partial charge >= 0.3 is 11.9 Å². The number of hydrogen-bond acceptors (Lipinski definition) is 4. The van der Waals surface area contributed by atoms with Crippen LogP contribution in [-0.2, 0) is 19.1 Å². The van der Waals surface area contributed by atoms with Crippen LogP contribution in [0, 0.1) is 0 Å². The summed E-state index contributed by atoms with van der Waals surface area (Å²) in [5.41, 5.74) is 1.80. The van der Waals surface area contributed by atoms with Gasteiger partial charge < -0.3 is 9.47 Å². The molecule has 0 spiro atoms. The Kier molecular flexibility index (Phi) is 4.86. The predicted octanol–water partition coefficient (Wildman–Crippen LogP) is 3.20. The molecule has 0 aromatic heterocycles. The summed E-state index contributed by atoms with van der Waals surface area (Å²) in [5, 5.41) is 0.771. The maximum atomic E-state index is 12.4. The first-order valence-electron chi connectivity index (χ1n) is 7.51. The van der Waals surface area contributed by atoms with Crippen LogP contribution in [-0.4, -0.2) is 32.7 Å². The van der Waals surface area contributed by atoms with E-state index in [-0.39, 0.29) is 18.4 Å². The lowest BCUT2D eigenvalue weighted by Crippen LogP contribution is -2.28. The highest BCUT2D eigenvalue weighted by molar-refractivity contribution is 6.88. The van der Waals surface area contributed by atoms with Gasteiger partial charge in [-0.15, -0.1) is 0 Å². The highest BCUT2D eigenvalue weighted by atomic mass is 28.3. The molecule has 0 aliphatic carbocycles. The van der Waals surface area contributed by atoms with Crippen LogP contribution in [0.1, 0.15) is 18.9 Å². The van der Waals surface area contributed by atoms with Crippen molar-refractivity contribution in [2.24, 2.45) is 0 Å². The van der Waals surface area contributed by atoms with Crippen molar-refractivity contribution in [1.29, 1.82) is 0 Å². The number of ether oxygens (including phenoxy) is 2. The molecule has 1 aliphatic heterocycles. The summed E-state index contributed by atoms with van der Waals surface area (Å²) >= 11 is 0. The lowest BCUT2D eigenvalue weighted by molar-refractivity contribution is -0.148. The summed E-state index contributed by atoms with van der Waals surface area (Å²) in [6.07, 6.45) is -0.478. The zero-order chi connectivity index (χ0) is 16.3. The Bertz CT molecular complexity index is 599. The summed E-state index contributed by atoms with van der Waals surface area (Å²) in [6.45, 7) is 8.42. The second kappa shape index (κ2) is 6.48. The van der Waals surface area contributed by atoms with Gasteiger partial charge in [0.2, 0.25) is 0 Å². The summed E-state index contributed by atoms with van der Waals surface area (Å²) in [6, 6.07) is 9.68. The lowest BCUT2D eigenvalue weighted by atomic mass is 9.99. The van der Waals surface area contributed by atoms with Gasteiger partial charge in [-0.25, -0.2) is 4.79 Å². The van der Waals surface area contributed by atoms with Crippen LogP contribution >= 0.6 is 0 Å². The maximum Gasteiger partial charge on any atom is 0.330 e. The molecule has 0 saturated carbocycles. The van der Waals surface area contributed by atoms with Crippen LogP contribution in [0.3, 0.4) is 0 Å². The van der Waals surface area contributed by atoms with Crippen LogP contribution in [0.5, 0.6) is 0 Å². The molecule has 0 bridgehead atoms. The number of carbonyl (C=O) groups is 2. The van der Waals surface area contributed by atoms with E-state index in [1.807, 2.05) is 30.3 Å². The third kappa shape index (κ3) is 3.47. The number of esters is 2. The molecule has 4 nitrogen and oxygen atoms in total. The van der Waals surface area contributed by atoms with E-state index in [0.717, 1.165) is 16.3 Å². The molecule has 5 heteroatoms. The molecule has 118 valence electrons. The Hall–Kier alpha value is -1.88. The van der Waals surface area contributed by atoms with Crippen LogP contribution in [0.4, 0.5) is 0 Å². The highest BCUT2D eigenvalue weighted by Crippen LogP contribution is 2.37. The van der Waals surface area contributed by atoms with Gasteiger partial charge in [-0.3, -0.25) is 4.79 Å². The Morgan fingerprint density at radius 2 is 1.86 bits per heavy atom. The minimum atomic E-state index is -1.89. The molecular formula is C17H22O4Si. The topological polar surface area (TPSA) is 52.6 Å². The molecule has 0 N–H and O–H groups in total. The number of carbonyl (C=O) groups excluding carboxylic acids is 2. The molecule has 1 aliphatic rings. The SMILES string of the molecule is CCOC(=O)CC1OC(=O)C([Si](C)(C)C)=C1c1ccccc1. The molecule has 0 radical (unpaired) electrons. The van der Waals surface area contributed by atoms with E-state index < -0.39 is 14.2 Å². The highest BCUT2D eigenvalue weighted by Gasteiger charge is 2.42. The number of rotatable bonds is 5. The molecule has 2 rings (SSSR count). The summed E-state index contributed by atoms with van der Waals surface area (Å²) in [5.74, 6) is -0.627. The minimum Gasteiger partial charge on any atom is -0.466 e. The molecule has 1 atom stereocenters. The van der Waals surface area contributed by atoms with Gasteiger partial charge in [0.15, 0.2) is 0 Å². The van der Waals surface area contributed by atoms with Crippen molar-refractivity contribution in [3.63, 3.8) is 0 Å². The van der Waals surface area contributed by atoms with Gasteiger partial charge in [-0.2, -0.15) is 0 Å². The van der Waals surface area contributed by atoms with Crippen molar-refractivity contribution in [3.8, 4) is 0 Å². The Morgan fingerprint density at radius 3 is 2.41 bits per heavy atom. The van der Waals surface area contributed by atoms with Crippen molar-refractivity contribution >= 4 is 25.6 Å². The van der Waals surface area contributed by atoms with Gasteiger partial charge in [0.1, 0.15) is 6.10 Å². The Labute approximate surface area is 132 Å². The average Bonchev–Trinajstić information content (AvgIpc) is 2.76. The van der Waals surface area contributed by atoms with E-state index in [9.17, 15) is 9.59 Å². The van der Waals surface area contributed by atoms with Gasteiger partial charge in [-0.1, -0.05) is 50.0 Å². The summed E-state index contributed by atoms with van der Waals surface area (Å²) in [7, 11) is -1.89. The van der Waals surface area contributed by atoms with Crippen LogP contribution in [0.25, 0.3) is 5.57 Å². The van der Waals surface area contributed by atoms with Gasteiger partial charge in [0, 0.05) is 10.8 Å². The number of cyclic esters (lactones) is 1. The fourth-order valence-electron chi connectivity index (χ4n) is 2.69. The zero-order valence-corrected chi connectivity index (χ0v) is 14.5. The lowest BCUT2D eigenvalue weighted by Gasteiger charge is -2.18. The van der Waals surface area contributed by atoms with Crippen molar-refractivity contribution in [3.05, 3.63) is 41.1 Å². The molecule has 1 heterocycles. The largest absolute Gasteiger partial charge is 0.466 e. The monoisotopic (exact) mass is 318 g/mol. The second-order valence-corrected chi connectivity index (χ2v) is 11.3. The maximum absolute atomic E-state index is 12.4. The standard InChI is InChI=1S/C17H22O4Si/c1-5-20-14(18)11-13-15(12-9-7-6-8-10-12)16(17(19)21-13)22(2,3)4/h6-10,13H,5,11H2,1-4H3. The zero-order valence-electron chi connectivity index (χ0n) is 13.5. The summed E-state index contributed by atoms with van der Waals surface area (Å²) in [4.78, 5) is 24.2. The molecule has 22 heavy (non-hydrogen) atoms. The van der Waals surface area contributed by atoms with E-state index >= 15 is 0 Å². The first kappa shape index (κ1) is 16.5. The average molecular weight is 318 g/mol. The fraction of sp³-hybridized carbons (Fsp3) is 0.412. The van der Waals surface area contributed by atoms with Crippen LogP contribution in [0.15, 0.2) is 35.5 Å². The van der Waals surface area contributed by atoms with Crippen LogP contribution in [0.2, 0.25) is 19.6 Å². The first-order valence-corrected chi connectivity index (χ1v) is 11.0. The molecule has 1 unspecified atom stereocenters. The van der Waals surface area contributed by atoms with E-state index in [0.29, 0.717) is 6.61 Å². The minimum absolute atomic E-state index is 0.0672. The van der Waals surface area contributed by atoms with E-state index in [1.54, 1.807) is 6.92 Å². The van der Waals surface area contributed by atoms with E-state index in [2.05, 4.69) is 19.6 Å². The molecule has 0 amide bonds. The second-order valence-electron chi connectivity index (χ2n) is 6.31. The van der Waals surface area contributed by atoms with Gasteiger partial charge in [-0.05, 0) is 12.5 Å². The third-order valence-electron chi connectivity index (χ3n) is 3.54. The quantitative estimate of drug-likeness (QED) is 0.618. The normalized spacial score (nSPS) is 18.4. The molecule has 0 saturated heterocycles. The Balaban J connectivity index is 2.46.